The predicted molar refractivity (Wildman–Crippen MR) is 395 cm³/mol. The van der Waals surface area contributed by atoms with E-state index in [0.717, 1.165) is 6.42 Å². The number of aliphatic hydroxyl groups is 1. The van der Waals surface area contributed by atoms with Crippen molar-refractivity contribution in [1.29, 1.82) is 0 Å². The van der Waals surface area contributed by atoms with Crippen LogP contribution in [-0.4, -0.2) is 191 Å². The fraction of sp³-hybridized carbons (Fsp3) is 0.707. The molecular formula is C75H124N14O16. The molecule has 0 radical (unpaired) electrons. The monoisotopic (exact) mass is 1480 g/mol. The molecule has 1 aromatic carbocycles. The molecule has 0 bridgehead atoms. The molecule has 13 amide bonds. The standard InChI is InChI=1S/C75H124N14O16/c1-20-44(16)59(71(100)88-62-47(19)105-75(104)58(43(14)15)84-63(92)49(22-3)77-65(94)51(37-48-30-24-23-25-31-48)79-67(96)55(40(8)9)81-70(99)60(45(17)21-2)86-73(62)102)85-64(93)50(32-27-35-76)78-66(95)52-33-28-36-89(52)74(103)57(42(12)13)83-69(98)56(41(10)11)82-72(101)61(46(18)90)87-68(97)54(39(6)7)80-53(91)34-26-29-38(4)5/h22-25,30-31,38-47,50-52,54-62,90H,20-21,26-29,32-37,76H2,1-19H3,(H,77,94)(H,78,95)(H,79,96)(H,80,91)(H,81,99)(H,82,101)(H,83,98)(H,84,92)(H,85,93)(H,86,102)(H,87,97)(H,88,100)/b49-22-/t44-,45-,46-,47+,50+,51+,52-,54-,55-,56-,57-,58+,59-,60-,61+,62-/m1/s1. The van der Waals surface area contributed by atoms with Crippen LogP contribution in [0.5, 0.6) is 0 Å². The molecule has 0 unspecified atom stereocenters. The van der Waals surface area contributed by atoms with Crippen molar-refractivity contribution in [2.75, 3.05) is 13.1 Å². The number of carbonyl (C=O) groups excluding carboxylic acids is 14. The molecule has 30 heteroatoms. The van der Waals surface area contributed by atoms with E-state index in [2.05, 4.69) is 63.8 Å². The van der Waals surface area contributed by atoms with E-state index >= 15 is 9.59 Å². The van der Waals surface area contributed by atoms with Gasteiger partial charge in [0.15, 0.2) is 0 Å². The molecule has 2 fully saturated rings. The summed E-state index contributed by atoms with van der Waals surface area (Å²) in [5.74, 6) is -15.1. The van der Waals surface area contributed by atoms with Gasteiger partial charge in [-0.2, -0.15) is 0 Å². The number of esters is 1. The van der Waals surface area contributed by atoms with Crippen LogP contribution >= 0.6 is 0 Å². The zero-order chi connectivity index (χ0) is 79.4. The molecule has 1 aromatic rings. The minimum Gasteiger partial charge on any atom is -0.458 e. The number of benzene rings is 1. The average molecular weight is 1480 g/mol. The summed E-state index contributed by atoms with van der Waals surface area (Å²) in [5.41, 5.74) is 6.34. The Morgan fingerprint density at radius 1 is 0.610 bits per heavy atom. The number of hydrogen-bond acceptors (Lipinski definition) is 17. The Bertz CT molecular complexity index is 3160. The molecule has 2 saturated heterocycles. The highest BCUT2D eigenvalue weighted by Crippen LogP contribution is 2.23. The molecule has 590 valence electrons. The number of carbonyl (C=O) groups is 14. The normalized spacial score (nSPS) is 22.6. The van der Waals surface area contributed by atoms with Gasteiger partial charge in [0.25, 0.3) is 5.91 Å². The van der Waals surface area contributed by atoms with Crippen LogP contribution in [0.1, 0.15) is 195 Å². The van der Waals surface area contributed by atoms with E-state index in [1.165, 1.54) is 31.7 Å². The maximum absolute atomic E-state index is 15.0. The van der Waals surface area contributed by atoms with Crippen LogP contribution in [0.3, 0.4) is 0 Å². The van der Waals surface area contributed by atoms with E-state index in [4.69, 9.17) is 10.5 Å². The van der Waals surface area contributed by atoms with E-state index in [-0.39, 0.29) is 63.2 Å². The Morgan fingerprint density at radius 3 is 1.69 bits per heavy atom. The van der Waals surface area contributed by atoms with Crippen LogP contribution in [0.4, 0.5) is 0 Å². The molecule has 3 rings (SSSR count). The van der Waals surface area contributed by atoms with Gasteiger partial charge in [0, 0.05) is 19.4 Å². The lowest BCUT2D eigenvalue weighted by Gasteiger charge is -2.33. The zero-order valence-corrected chi connectivity index (χ0v) is 65.2. The highest BCUT2D eigenvalue weighted by Gasteiger charge is 2.44. The molecule has 0 spiro atoms. The summed E-state index contributed by atoms with van der Waals surface area (Å²) >= 11 is 0. The lowest BCUT2D eigenvalue weighted by Crippen LogP contribution is -2.64. The average Bonchev–Trinajstić information content (AvgIpc) is 1.79. The van der Waals surface area contributed by atoms with Crippen molar-refractivity contribution in [2.24, 2.45) is 53.1 Å². The summed E-state index contributed by atoms with van der Waals surface area (Å²) in [5, 5.41) is 43.2. The van der Waals surface area contributed by atoms with E-state index in [1.807, 2.05) is 13.8 Å². The van der Waals surface area contributed by atoms with Crippen LogP contribution in [-0.2, 0) is 78.3 Å². The first kappa shape index (κ1) is 90.7. The third-order valence-corrected chi connectivity index (χ3v) is 19.3. The highest BCUT2D eigenvalue weighted by atomic mass is 16.5. The topological polar surface area (TPSA) is 442 Å². The van der Waals surface area contributed by atoms with E-state index in [0.29, 0.717) is 30.7 Å². The summed E-state index contributed by atoms with van der Waals surface area (Å²) in [4.78, 5) is 202. The lowest BCUT2D eigenvalue weighted by atomic mass is 9.95. The van der Waals surface area contributed by atoms with Gasteiger partial charge in [0.1, 0.15) is 84.3 Å². The second-order valence-electron chi connectivity index (χ2n) is 30.2. The molecule has 105 heavy (non-hydrogen) atoms. The summed E-state index contributed by atoms with van der Waals surface area (Å²) in [7, 11) is 0. The highest BCUT2D eigenvalue weighted by molar-refractivity contribution is 6.03. The van der Waals surface area contributed by atoms with Crippen LogP contribution in [0.25, 0.3) is 0 Å². The third kappa shape index (κ3) is 27.7. The van der Waals surface area contributed by atoms with Crippen molar-refractivity contribution in [3.8, 4) is 0 Å². The van der Waals surface area contributed by atoms with Crippen molar-refractivity contribution in [3.63, 3.8) is 0 Å². The van der Waals surface area contributed by atoms with Crippen molar-refractivity contribution in [3.05, 3.63) is 47.7 Å². The Hall–Kier alpha value is -8.54. The minimum atomic E-state index is -1.83. The van der Waals surface area contributed by atoms with Gasteiger partial charge in [0.2, 0.25) is 70.9 Å². The molecule has 2 heterocycles. The molecule has 0 aromatic heterocycles. The largest absolute Gasteiger partial charge is 0.458 e. The van der Waals surface area contributed by atoms with Gasteiger partial charge in [0.05, 0.1) is 6.10 Å². The molecule has 2 aliphatic heterocycles. The predicted octanol–water partition coefficient (Wildman–Crippen LogP) is 1.84. The number of cyclic esters (lactones) is 1. The first-order chi connectivity index (χ1) is 49.2. The first-order valence-electron chi connectivity index (χ1n) is 37.5. The Kier molecular flexibility index (Phi) is 37.8. The Morgan fingerprint density at radius 2 is 1.15 bits per heavy atom. The number of nitrogens with zero attached hydrogens (tertiary/aromatic N) is 1. The number of amides is 13. The number of hydrogen-bond donors (Lipinski definition) is 14. The third-order valence-electron chi connectivity index (χ3n) is 19.3. The number of nitrogens with one attached hydrogen (secondary N) is 12. The van der Waals surface area contributed by atoms with Gasteiger partial charge in [-0.3, -0.25) is 62.3 Å². The number of likely N-dealkylation sites (tertiary alicyclic amines) is 1. The van der Waals surface area contributed by atoms with Crippen LogP contribution in [0, 0.1) is 47.3 Å². The van der Waals surface area contributed by atoms with Crippen LogP contribution in [0.2, 0.25) is 0 Å². The molecule has 15 N–H and O–H groups in total. The van der Waals surface area contributed by atoms with E-state index in [9.17, 15) is 62.6 Å². The SMILES string of the molecule is C/C=C1\NC(=O)[C@H](Cc2ccccc2)NC(=O)[C@@H](C(C)C)NC(=O)[C@@H]([C@H](C)CC)NC(=O)[C@H](NC(=O)[C@H](NC(=O)[C@H](CCCN)NC(=O)[C@H]2CCCN2C(=O)[C@H](NC(=O)[C@H](NC(=O)[C@@H](NC(=O)[C@H](NC(=O)CCCC(C)C)C(C)C)[C@@H](C)O)C(C)C)C(C)C)[C@H](C)CC)[C@H](C)OC(=O)[C@H](C(C)C)NC1=O. The molecular weight excluding hydrogens is 1350 g/mol. The maximum atomic E-state index is 15.0. The minimum absolute atomic E-state index is 0.0355. The number of allylic oxidation sites excluding steroid dienone is 1. The summed E-state index contributed by atoms with van der Waals surface area (Å²) in [6.45, 7) is 31.8. The molecule has 2 aliphatic rings. The van der Waals surface area contributed by atoms with Crippen LogP contribution < -0.4 is 69.5 Å². The molecule has 16 atom stereocenters. The first-order valence-corrected chi connectivity index (χ1v) is 37.5. The lowest BCUT2D eigenvalue weighted by molar-refractivity contribution is -0.157. The van der Waals surface area contributed by atoms with Crippen molar-refractivity contribution < 1.29 is 77.0 Å². The second-order valence-corrected chi connectivity index (χ2v) is 30.2. The number of ether oxygens (including phenoxy) is 1. The van der Waals surface area contributed by atoms with Crippen molar-refractivity contribution in [1.82, 2.24) is 68.7 Å². The summed E-state index contributed by atoms with van der Waals surface area (Å²) in [6, 6.07) is -7.67. The van der Waals surface area contributed by atoms with Crippen LogP contribution in [0.15, 0.2) is 42.1 Å². The van der Waals surface area contributed by atoms with Gasteiger partial charge < -0.3 is 84.3 Å². The second kappa shape index (κ2) is 43.8. The van der Waals surface area contributed by atoms with E-state index in [1.54, 1.807) is 127 Å². The van der Waals surface area contributed by atoms with Gasteiger partial charge in [-0.15, -0.1) is 0 Å². The Balaban J connectivity index is 2.00. The number of rotatable bonds is 33. The van der Waals surface area contributed by atoms with Gasteiger partial charge in [-0.25, -0.2) is 4.79 Å². The van der Waals surface area contributed by atoms with Gasteiger partial charge in [-0.1, -0.05) is 166 Å². The number of nitrogens with two attached hydrogens (primary N) is 1. The summed E-state index contributed by atoms with van der Waals surface area (Å²) < 4.78 is 5.96. The fourth-order valence-electron chi connectivity index (χ4n) is 12.1. The number of aliphatic hydroxyl groups excluding tert-OH is 1. The smallest absolute Gasteiger partial charge is 0.329 e. The maximum Gasteiger partial charge on any atom is 0.329 e. The Labute approximate surface area is 620 Å². The van der Waals surface area contributed by atoms with Gasteiger partial charge in [-0.05, 0) is 112 Å². The quantitative estimate of drug-likeness (QED) is 0.0353. The molecule has 0 aliphatic carbocycles. The fourth-order valence-corrected chi connectivity index (χ4v) is 12.1. The molecule has 30 nitrogen and oxygen atoms in total. The summed E-state index contributed by atoms with van der Waals surface area (Å²) in [6.07, 6.45) is 1.02. The van der Waals surface area contributed by atoms with Crippen molar-refractivity contribution in [2.45, 2.75) is 280 Å². The van der Waals surface area contributed by atoms with Gasteiger partial charge >= 0.3 is 5.97 Å². The zero-order valence-electron chi connectivity index (χ0n) is 65.2. The van der Waals surface area contributed by atoms with Crippen molar-refractivity contribution >= 4 is 82.8 Å². The van der Waals surface area contributed by atoms with E-state index < -0.39 is 203 Å². The molecule has 0 saturated carbocycles.